The van der Waals surface area contributed by atoms with Crippen molar-refractivity contribution in [3.05, 3.63) is 60.3 Å². The zero-order valence-electron chi connectivity index (χ0n) is 24.3. The third-order valence-electron chi connectivity index (χ3n) is 7.90. The van der Waals surface area contributed by atoms with Crippen molar-refractivity contribution in [3.63, 3.8) is 0 Å². The number of benzene rings is 2. The first-order chi connectivity index (χ1) is 19.6. The van der Waals surface area contributed by atoms with E-state index in [9.17, 15) is 14.7 Å². The number of nitrogens with zero attached hydrogens (tertiary/aromatic N) is 4. The van der Waals surface area contributed by atoms with E-state index in [0.717, 1.165) is 49.3 Å². The van der Waals surface area contributed by atoms with Gasteiger partial charge >= 0.3 is 6.09 Å². The summed E-state index contributed by atoms with van der Waals surface area (Å²) in [7, 11) is 0. The highest BCUT2D eigenvalue weighted by Gasteiger charge is 2.30. The Hall–Kier alpha value is -3.72. The highest BCUT2D eigenvalue weighted by molar-refractivity contribution is 6.07. The third-order valence-corrected chi connectivity index (χ3v) is 7.90. The van der Waals surface area contributed by atoms with E-state index < -0.39 is 5.60 Å². The number of hydrogen-bond donors (Lipinski definition) is 2. The smallest absolute Gasteiger partial charge is 0.410 e. The summed E-state index contributed by atoms with van der Waals surface area (Å²) in [6, 6.07) is 15.8. The number of aromatic nitrogens is 2. The monoisotopic (exact) mass is 559 g/mol. The fourth-order valence-corrected chi connectivity index (χ4v) is 5.61. The average Bonchev–Trinajstić information content (AvgIpc) is 2.96. The van der Waals surface area contributed by atoms with Crippen molar-refractivity contribution < 1.29 is 19.4 Å². The normalized spacial score (nSPS) is 20.0. The number of rotatable bonds is 6. The lowest BCUT2D eigenvalue weighted by molar-refractivity contribution is 0.0185. The fraction of sp³-hybridized carbons (Fsp3) is 0.500. The molecule has 41 heavy (non-hydrogen) atoms. The number of piperidine rings is 1. The lowest BCUT2D eigenvalue weighted by atomic mass is 9.93. The number of amides is 2. The molecule has 2 fully saturated rings. The van der Waals surface area contributed by atoms with Crippen molar-refractivity contribution in [3.8, 4) is 0 Å². The SMILES string of the molecule is CC(C)(C)OC(=O)N1CCC(CN(C(=O)c2ccc3ccccc3c2)c2ccnc(NC3CCC(O)CC3)n2)CC1. The Morgan fingerprint density at radius 1 is 1.00 bits per heavy atom. The largest absolute Gasteiger partial charge is 0.444 e. The van der Waals surface area contributed by atoms with Crippen molar-refractivity contribution in [2.45, 2.75) is 77.0 Å². The molecule has 0 atom stereocenters. The molecule has 1 aromatic heterocycles. The quantitative estimate of drug-likeness (QED) is 0.402. The Morgan fingerprint density at radius 3 is 2.41 bits per heavy atom. The second-order valence-electron chi connectivity index (χ2n) is 12.3. The number of hydrogen-bond acceptors (Lipinski definition) is 7. The number of carbonyl (C=O) groups excluding carboxylic acids is 2. The lowest BCUT2D eigenvalue weighted by Crippen LogP contribution is -2.45. The van der Waals surface area contributed by atoms with Gasteiger partial charge in [-0.25, -0.2) is 9.78 Å². The molecule has 9 heteroatoms. The Kier molecular flexibility index (Phi) is 8.73. The molecule has 1 aliphatic heterocycles. The van der Waals surface area contributed by atoms with Crippen LogP contribution < -0.4 is 10.2 Å². The Morgan fingerprint density at radius 2 is 1.71 bits per heavy atom. The van der Waals surface area contributed by atoms with Crippen LogP contribution in [0.5, 0.6) is 0 Å². The average molecular weight is 560 g/mol. The number of aliphatic hydroxyl groups excluding tert-OH is 1. The lowest BCUT2D eigenvalue weighted by Gasteiger charge is -2.35. The van der Waals surface area contributed by atoms with Crippen molar-refractivity contribution in [1.29, 1.82) is 0 Å². The van der Waals surface area contributed by atoms with E-state index in [0.29, 0.717) is 37.0 Å². The molecule has 2 aliphatic rings. The number of anilines is 2. The van der Waals surface area contributed by atoms with Crippen molar-refractivity contribution in [1.82, 2.24) is 14.9 Å². The zero-order chi connectivity index (χ0) is 29.0. The van der Waals surface area contributed by atoms with E-state index in [2.05, 4.69) is 10.3 Å². The summed E-state index contributed by atoms with van der Waals surface area (Å²) in [6.07, 6.45) is 5.91. The van der Waals surface area contributed by atoms with E-state index in [1.165, 1.54) is 0 Å². The summed E-state index contributed by atoms with van der Waals surface area (Å²) < 4.78 is 5.56. The molecule has 0 spiro atoms. The van der Waals surface area contributed by atoms with E-state index in [-0.39, 0.29) is 30.1 Å². The number of likely N-dealkylation sites (tertiary alicyclic amines) is 1. The summed E-state index contributed by atoms with van der Waals surface area (Å²) >= 11 is 0. The van der Waals surface area contributed by atoms with Gasteiger partial charge in [0.25, 0.3) is 5.91 Å². The van der Waals surface area contributed by atoms with Gasteiger partial charge in [0.1, 0.15) is 11.4 Å². The molecule has 2 heterocycles. The van der Waals surface area contributed by atoms with Crippen LogP contribution in [0.1, 0.15) is 69.7 Å². The third kappa shape index (κ3) is 7.52. The van der Waals surface area contributed by atoms with E-state index in [1.54, 1.807) is 22.1 Å². The molecule has 5 rings (SSSR count). The standard InChI is InChI=1S/C32H41N5O4/c1-32(2,3)41-31(40)36-18-15-22(16-19-36)21-37(29(39)25-9-8-23-6-4-5-7-24(23)20-25)28-14-17-33-30(35-28)34-26-10-12-27(38)13-11-26/h4-9,14,17,20,22,26-27,38H,10-13,15-16,18-19,21H2,1-3H3,(H,33,34,35). The molecule has 1 saturated carbocycles. The van der Waals surface area contributed by atoms with Crippen LogP contribution in [0.2, 0.25) is 0 Å². The van der Waals surface area contributed by atoms with Crippen LogP contribution in [0.25, 0.3) is 10.8 Å². The Bertz CT molecular complexity index is 1360. The van der Waals surface area contributed by atoms with Crippen LogP contribution in [-0.4, -0.2) is 69.4 Å². The van der Waals surface area contributed by atoms with Crippen LogP contribution in [0.4, 0.5) is 16.6 Å². The molecule has 1 aliphatic carbocycles. The van der Waals surface area contributed by atoms with Crippen molar-refractivity contribution in [2.75, 3.05) is 29.9 Å². The molecule has 2 amide bonds. The molecule has 1 saturated heterocycles. The van der Waals surface area contributed by atoms with Gasteiger partial charge in [0.2, 0.25) is 5.95 Å². The second-order valence-corrected chi connectivity index (χ2v) is 12.3. The number of ether oxygens (including phenoxy) is 1. The highest BCUT2D eigenvalue weighted by atomic mass is 16.6. The first-order valence-corrected chi connectivity index (χ1v) is 14.7. The van der Waals surface area contributed by atoms with Crippen molar-refractivity contribution >= 4 is 34.5 Å². The van der Waals surface area contributed by atoms with E-state index >= 15 is 0 Å². The molecule has 3 aromatic rings. The van der Waals surface area contributed by atoms with E-state index in [4.69, 9.17) is 9.72 Å². The van der Waals surface area contributed by atoms with Crippen LogP contribution in [-0.2, 0) is 4.74 Å². The maximum Gasteiger partial charge on any atom is 0.410 e. The number of nitrogens with one attached hydrogen (secondary N) is 1. The fourth-order valence-electron chi connectivity index (χ4n) is 5.61. The maximum atomic E-state index is 14.1. The number of fused-ring (bicyclic) bond motifs is 1. The summed E-state index contributed by atoms with van der Waals surface area (Å²) in [5.41, 5.74) is 0.0667. The molecule has 2 N–H and O–H groups in total. The van der Waals surface area contributed by atoms with Gasteiger partial charge in [-0.3, -0.25) is 9.69 Å². The summed E-state index contributed by atoms with van der Waals surface area (Å²) in [5, 5.41) is 15.4. The minimum absolute atomic E-state index is 0.115. The van der Waals surface area contributed by atoms with E-state index in [1.807, 2.05) is 63.2 Å². The van der Waals surface area contributed by atoms with Crippen LogP contribution in [0, 0.1) is 5.92 Å². The molecule has 0 radical (unpaired) electrons. The first kappa shape index (κ1) is 28.8. The van der Waals surface area contributed by atoms with Crippen LogP contribution >= 0.6 is 0 Å². The summed E-state index contributed by atoms with van der Waals surface area (Å²) in [4.78, 5) is 39.4. The topological polar surface area (TPSA) is 108 Å². The molecule has 0 unspecified atom stereocenters. The molecule has 0 bridgehead atoms. The Balaban J connectivity index is 1.35. The maximum absolute atomic E-state index is 14.1. The van der Waals surface area contributed by atoms with Crippen LogP contribution in [0.3, 0.4) is 0 Å². The molecule has 218 valence electrons. The number of aliphatic hydroxyl groups is 1. The van der Waals surface area contributed by atoms with Crippen molar-refractivity contribution in [2.24, 2.45) is 5.92 Å². The molecular formula is C32H41N5O4. The van der Waals surface area contributed by atoms with Gasteiger partial charge in [-0.1, -0.05) is 30.3 Å². The highest BCUT2D eigenvalue weighted by Crippen LogP contribution is 2.27. The van der Waals surface area contributed by atoms with Gasteiger partial charge in [-0.15, -0.1) is 0 Å². The second kappa shape index (κ2) is 12.4. The molecular weight excluding hydrogens is 518 g/mol. The van der Waals surface area contributed by atoms with Gasteiger partial charge in [0, 0.05) is 37.4 Å². The summed E-state index contributed by atoms with van der Waals surface area (Å²) in [6.45, 7) is 7.27. The zero-order valence-corrected chi connectivity index (χ0v) is 24.3. The van der Waals surface area contributed by atoms with Gasteiger partial charge in [-0.2, -0.15) is 4.98 Å². The predicted molar refractivity (Wildman–Crippen MR) is 160 cm³/mol. The molecule has 2 aromatic carbocycles. The minimum atomic E-state index is -0.535. The van der Waals surface area contributed by atoms with Crippen LogP contribution in [0.15, 0.2) is 54.7 Å². The Labute approximate surface area is 241 Å². The predicted octanol–water partition coefficient (Wildman–Crippen LogP) is 5.64. The number of carbonyl (C=O) groups is 2. The first-order valence-electron chi connectivity index (χ1n) is 14.7. The van der Waals surface area contributed by atoms with Gasteiger partial charge < -0.3 is 20.1 Å². The minimum Gasteiger partial charge on any atom is -0.444 e. The van der Waals surface area contributed by atoms with Gasteiger partial charge in [0.15, 0.2) is 0 Å². The summed E-state index contributed by atoms with van der Waals surface area (Å²) in [5.74, 6) is 1.12. The van der Waals surface area contributed by atoms with Gasteiger partial charge in [-0.05, 0) is 94.2 Å². The molecule has 9 nitrogen and oxygen atoms in total. The van der Waals surface area contributed by atoms with Gasteiger partial charge in [0.05, 0.1) is 6.10 Å².